The van der Waals surface area contributed by atoms with Crippen LogP contribution in [0.15, 0.2) is 36.4 Å². The molecular weight excluding hydrogens is 350 g/mol. The van der Waals surface area contributed by atoms with Gasteiger partial charge in [0.05, 0.1) is 19.9 Å². The minimum Gasteiger partial charge on any atom is -0.493 e. The minimum absolute atomic E-state index is 0.696. The Morgan fingerprint density at radius 3 is 2.73 bits per heavy atom. The normalized spacial score (nSPS) is 12.6. The Balaban J connectivity index is 1.93. The molecule has 0 atom stereocenters. The second kappa shape index (κ2) is 6.57. The maximum Gasteiger partial charge on any atom is 0.170 e. The molecule has 0 saturated carbocycles. The van der Waals surface area contributed by atoms with E-state index in [0.717, 1.165) is 46.3 Å². The van der Waals surface area contributed by atoms with Crippen LogP contribution in [0.3, 0.4) is 0 Å². The van der Waals surface area contributed by atoms with E-state index in [2.05, 4.69) is 5.32 Å². The molecule has 6 heteroatoms. The zero-order valence-corrected chi connectivity index (χ0v) is 15.7. The van der Waals surface area contributed by atoms with E-state index in [-0.39, 0.29) is 0 Å². The van der Waals surface area contributed by atoms with Gasteiger partial charge in [-0.1, -0.05) is 17.7 Å². The van der Waals surface area contributed by atoms with Crippen molar-refractivity contribution in [2.24, 2.45) is 0 Å². The Morgan fingerprint density at radius 1 is 1.15 bits per heavy atom. The summed E-state index contributed by atoms with van der Waals surface area (Å²) in [5.41, 5.74) is 5.10. The molecule has 1 aromatic heterocycles. The van der Waals surface area contributed by atoms with Gasteiger partial charge < -0.3 is 14.8 Å². The number of aromatic nitrogens is 2. The molecule has 0 fully saturated rings. The summed E-state index contributed by atoms with van der Waals surface area (Å²) in [5, 5.41) is 9.10. The fraction of sp³-hybridized carbons (Fsp3) is 0.250. The number of fused-ring (bicyclic) bond motifs is 1. The number of hydrogen-bond donors (Lipinski definition) is 1. The van der Waals surface area contributed by atoms with E-state index in [1.54, 1.807) is 14.2 Å². The number of aryl methyl sites for hydroxylation is 1. The van der Waals surface area contributed by atoms with Gasteiger partial charge in [-0.2, -0.15) is 5.10 Å². The molecule has 1 aliphatic heterocycles. The highest BCUT2D eigenvalue weighted by molar-refractivity contribution is 6.30. The Kier molecular flexibility index (Phi) is 4.24. The predicted molar refractivity (Wildman–Crippen MR) is 104 cm³/mol. The second-order valence-corrected chi connectivity index (χ2v) is 6.67. The van der Waals surface area contributed by atoms with Gasteiger partial charge >= 0.3 is 0 Å². The van der Waals surface area contributed by atoms with Gasteiger partial charge in [0.2, 0.25) is 0 Å². The monoisotopic (exact) mass is 369 g/mol. The van der Waals surface area contributed by atoms with Crippen LogP contribution in [0.2, 0.25) is 5.02 Å². The second-order valence-electron chi connectivity index (χ2n) is 6.24. The molecule has 4 rings (SSSR count). The summed E-state index contributed by atoms with van der Waals surface area (Å²) in [6, 6.07) is 11.7. The van der Waals surface area contributed by atoms with Crippen molar-refractivity contribution in [2.75, 3.05) is 26.1 Å². The lowest BCUT2D eigenvalue weighted by Crippen LogP contribution is -2.05. The quantitative estimate of drug-likeness (QED) is 0.736. The largest absolute Gasteiger partial charge is 0.493 e. The van der Waals surface area contributed by atoms with E-state index in [4.69, 9.17) is 26.2 Å². The van der Waals surface area contributed by atoms with Gasteiger partial charge in [0.25, 0.3) is 0 Å². The Labute approximate surface area is 157 Å². The zero-order valence-electron chi connectivity index (χ0n) is 15.0. The van der Waals surface area contributed by atoms with Gasteiger partial charge in [0, 0.05) is 22.7 Å². The van der Waals surface area contributed by atoms with E-state index in [0.29, 0.717) is 11.5 Å². The van der Waals surface area contributed by atoms with Gasteiger partial charge in [-0.05, 0) is 49.2 Å². The van der Waals surface area contributed by atoms with Crippen molar-refractivity contribution in [1.82, 2.24) is 9.78 Å². The van der Waals surface area contributed by atoms with E-state index in [1.807, 2.05) is 48.0 Å². The Bertz CT molecular complexity index is 981. The number of nitrogens with one attached hydrogen (secondary N) is 1. The highest BCUT2D eigenvalue weighted by Gasteiger charge is 2.27. The molecule has 1 aliphatic rings. The molecule has 0 amide bonds. The highest BCUT2D eigenvalue weighted by Crippen LogP contribution is 2.42. The molecule has 134 valence electrons. The predicted octanol–water partition coefficient (Wildman–Crippen LogP) is 4.49. The highest BCUT2D eigenvalue weighted by atomic mass is 35.5. The SMILES string of the molecule is COc1cccc(-c2nn(-c3ccc(Cl)cc3C)c3c2CCN3)c1OC. The van der Waals surface area contributed by atoms with Crippen molar-refractivity contribution < 1.29 is 9.47 Å². The molecule has 0 unspecified atom stereocenters. The molecule has 0 bridgehead atoms. The molecule has 0 spiro atoms. The Hall–Kier alpha value is -2.66. The van der Waals surface area contributed by atoms with Crippen LogP contribution in [0.1, 0.15) is 11.1 Å². The van der Waals surface area contributed by atoms with Crippen LogP contribution in [-0.4, -0.2) is 30.5 Å². The maximum atomic E-state index is 6.12. The van der Waals surface area contributed by atoms with Crippen LogP contribution in [0.25, 0.3) is 16.9 Å². The molecule has 5 nitrogen and oxygen atoms in total. The molecule has 0 aliphatic carbocycles. The third-order valence-electron chi connectivity index (χ3n) is 4.70. The van der Waals surface area contributed by atoms with E-state index in [1.165, 1.54) is 5.56 Å². The molecule has 26 heavy (non-hydrogen) atoms. The van der Waals surface area contributed by atoms with Crippen molar-refractivity contribution in [3.8, 4) is 28.4 Å². The third-order valence-corrected chi connectivity index (χ3v) is 4.93. The van der Waals surface area contributed by atoms with Crippen molar-refractivity contribution in [3.63, 3.8) is 0 Å². The topological polar surface area (TPSA) is 48.3 Å². The number of rotatable bonds is 4. The first-order chi connectivity index (χ1) is 12.6. The lowest BCUT2D eigenvalue weighted by Gasteiger charge is -2.12. The smallest absolute Gasteiger partial charge is 0.170 e. The first-order valence-corrected chi connectivity index (χ1v) is 8.85. The summed E-state index contributed by atoms with van der Waals surface area (Å²) in [6.45, 7) is 2.93. The zero-order chi connectivity index (χ0) is 18.3. The molecule has 3 aromatic rings. The molecule has 0 saturated heterocycles. The summed E-state index contributed by atoms with van der Waals surface area (Å²) < 4.78 is 13.0. The van der Waals surface area contributed by atoms with E-state index < -0.39 is 0 Å². The van der Waals surface area contributed by atoms with Gasteiger partial charge in [0.15, 0.2) is 11.5 Å². The average Bonchev–Trinajstić information content (AvgIpc) is 3.24. The number of anilines is 1. The van der Waals surface area contributed by atoms with Gasteiger partial charge in [0.1, 0.15) is 11.5 Å². The lowest BCUT2D eigenvalue weighted by atomic mass is 10.1. The summed E-state index contributed by atoms with van der Waals surface area (Å²) >= 11 is 6.12. The molecule has 2 aromatic carbocycles. The number of nitrogens with zero attached hydrogens (tertiary/aromatic N) is 2. The van der Waals surface area contributed by atoms with Gasteiger partial charge in [-0.15, -0.1) is 0 Å². The van der Waals surface area contributed by atoms with Crippen molar-refractivity contribution in [2.45, 2.75) is 13.3 Å². The van der Waals surface area contributed by atoms with Crippen molar-refractivity contribution in [3.05, 3.63) is 52.5 Å². The number of benzene rings is 2. The van der Waals surface area contributed by atoms with Crippen molar-refractivity contribution in [1.29, 1.82) is 0 Å². The fourth-order valence-corrected chi connectivity index (χ4v) is 3.72. The molecule has 2 heterocycles. The first-order valence-electron chi connectivity index (χ1n) is 8.47. The third kappa shape index (κ3) is 2.59. The maximum absolute atomic E-state index is 6.12. The summed E-state index contributed by atoms with van der Waals surface area (Å²) in [4.78, 5) is 0. The summed E-state index contributed by atoms with van der Waals surface area (Å²) in [5.74, 6) is 2.42. The number of methoxy groups -OCH3 is 2. The molecule has 0 radical (unpaired) electrons. The first kappa shape index (κ1) is 16.8. The number of para-hydroxylation sites is 1. The van der Waals surface area contributed by atoms with Crippen LogP contribution in [0, 0.1) is 6.92 Å². The Morgan fingerprint density at radius 2 is 2.00 bits per heavy atom. The van der Waals surface area contributed by atoms with E-state index >= 15 is 0 Å². The molecular formula is C20H20ClN3O2. The lowest BCUT2D eigenvalue weighted by molar-refractivity contribution is 0.356. The van der Waals surface area contributed by atoms with Gasteiger partial charge in [-0.25, -0.2) is 4.68 Å². The fourth-order valence-electron chi connectivity index (χ4n) is 3.50. The van der Waals surface area contributed by atoms with Crippen LogP contribution in [0.4, 0.5) is 5.82 Å². The summed E-state index contributed by atoms with van der Waals surface area (Å²) in [6.07, 6.45) is 0.914. The van der Waals surface area contributed by atoms with Crippen LogP contribution < -0.4 is 14.8 Å². The van der Waals surface area contributed by atoms with Gasteiger partial charge in [-0.3, -0.25) is 0 Å². The number of hydrogen-bond acceptors (Lipinski definition) is 4. The van der Waals surface area contributed by atoms with Crippen LogP contribution >= 0.6 is 11.6 Å². The standard InChI is InChI=1S/C20H20ClN3O2/c1-12-11-13(21)7-8-16(12)24-20-15(9-10-22-20)18(23-24)14-5-4-6-17(25-2)19(14)26-3/h4-8,11,22H,9-10H2,1-3H3. The van der Waals surface area contributed by atoms with E-state index in [9.17, 15) is 0 Å². The average molecular weight is 370 g/mol. The van der Waals surface area contributed by atoms with Crippen LogP contribution in [-0.2, 0) is 6.42 Å². The molecule has 1 N–H and O–H groups in total. The minimum atomic E-state index is 0.696. The number of ether oxygens (including phenoxy) is 2. The summed E-state index contributed by atoms with van der Waals surface area (Å²) in [7, 11) is 3.30. The van der Waals surface area contributed by atoms with Crippen LogP contribution in [0.5, 0.6) is 11.5 Å². The van der Waals surface area contributed by atoms with Crippen molar-refractivity contribution >= 4 is 17.4 Å². The number of halogens is 1.